The van der Waals surface area contributed by atoms with E-state index in [0.717, 1.165) is 24.8 Å². The quantitative estimate of drug-likeness (QED) is 0.904. The summed E-state index contributed by atoms with van der Waals surface area (Å²) in [5, 5.41) is 13.3. The molecular weight excluding hydrogens is 310 g/mol. The van der Waals surface area contributed by atoms with E-state index in [4.69, 9.17) is 0 Å². The summed E-state index contributed by atoms with van der Waals surface area (Å²) >= 11 is 1.51. The highest BCUT2D eigenvalue weighted by molar-refractivity contribution is 7.15. The molecule has 3 rings (SSSR count). The molecule has 0 radical (unpaired) electrons. The lowest BCUT2D eigenvalue weighted by Gasteiger charge is -2.36. The molecule has 1 aromatic heterocycles. The maximum absolute atomic E-state index is 12.6. The molecular formula is C17H21N3O2S. The summed E-state index contributed by atoms with van der Waals surface area (Å²) in [6.07, 6.45) is 4.66. The molecule has 5 nitrogen and oxygen atoms in total. The van der Waals surface area contributed by atoms with E-state index in [1.807, 2.05) is 24.4 Å². The van der Waals surface area contributed by atoms with Gasteiger partial charge in [-0.3, -0.25) is 5.32 Å². The van der Waals surface area contributed by atoms with Crippen molar-refractivity contribution in [2.75, 3.05) is 18.5 Å². The van der Waals surface area contributed by atoms with Gasteiger partial charge in [-0.05, 0) is 24.0 Å². The number of urea groups is 1. The fourth-order valence-electron chi connectivity index (χ4n) is 2.98. The summed E-state index contributed by atoms with van der Waals surface area (Å²) in [6.45, 7) is 2.64. The van der Waals surface area contributed by atoms with E-state index in [-0.39, 0.29) is 18.7 Å². The van der Waals surface area contributed by atoms with Gasteiger partial charge in [-0.2, -0.15) is 0 Å². The number of carbonyl (C=O) groups excluding carboxylic acids is 1. The molecule has 0 fully saturated rings. The molecule has 1 aromatic carbocycles. The van der Waals surface area contributed by atoms with Crippen LogP contribution >= 0.6 is 11.3 Å². The summed E-state index contributed by atoms with van der Waals surface area (Å²) in [4.78, 5) is 19.7. The van der Waals surface area contributed by atoms with Gasteiger partial charge in [-0.25, -0.2) is 9.78 Å². The number of thiazole rings is 1. The summed E-state index contributed by atoms with van der Waals surface area (Å²) in [6, 6.07) is 7.49. The van der Waals surface area contributed by atoms with Crippen molar-refractivity contribution < 1.29 is 9.90 Å². The Balaban J connectivity index is 1.74. The summed E-state index contributed by atoms with van der Waals surface area (Å²) in [7, 11) is 0. The smallest absolute Gasteiger partial charge is 0.324 e. The minimum atomic E-state index is -0.296. The Kier molecular flexibility index (Phi) is 4.93. The van der Waals surface area contributed by atoms with Crippen LogP contribution in [0.3, 0.4) is 0 Å². The lowest BCUT2D eigenvalue weighted by Crippen LogP contribution is -2.43. The lowest BCUT2D eigenvalue weighted by atomic mass is 9.93. The van der Waals surface area contributed by atoms with Crippen molar-refractivity contribution in [1.29, 1.82) is 0 Å². The van der Waals surface area contributed by atoms with Crippen LogP contribution in [0.15, 0.2) is 30.5 Å². The van der Waals surface area contributed by atoms with Crippen LogP contribution in [0.1, 0.15) is 35.4 Å². The van der Waals surface area contributed by atoms with Crippen LogP contribution in [0.5, 0.6) is 0 Å². The zero-order chi connectivity index (χ0) is 16.2. The molecule has 1 aliphatic heterocycles. The first-order valence-corrected chi connectivity index (χ1v) is 8.75. The molecule has 2 amide bonds. The first kappa shape index (κ1) is 16.0. The topological polar surface area (TPSA) is 65.5 Å². The number of rotatable bonds is 4. The standard InChI is InChI=1S/C17H21N3O2S/c1-2-5-13-10-18-16(23-13)19-17(22)20-9-8-12-6-3-4-7-14(12)15(20)11-21/h3-4,6-7,10,15,21H,2,5,8-9,11H2,1H3,(H,18,19,22). The number of aliphatic hydroxyl groups excluding tert-OH is 1. The first-order chi connectivity index (χ1) is 11.2. The molecule has 2 heterocycles. The summed E-state index contributed by atoms with van der Waals surface area (Å²) in [5.41, 5.74) is 2.23. The molecule has 2 aromatic rings. The van der Waals surface area contributed by atoms with E-state index in [1.165, 1.54) is 21.8 Å². The maximum atomic E-state index is 12.6. The molecule has 0 bridgehead atoms. The largest absolute Gasteiger partial charge is 0.394 e. The molecule has 1 atom stereocenters. The molecule has 0 saturated heterocycles. The zero-order valence-corrected chi connectivity index (χ0v) is 14.0. The Labute approximate surface area is 140 Å². The van der Waals surface area contributed by atoms with Crippen LogP contribution in [0.4, 0.5) is 9.93 Å². The van der Waals surface area contributed by atoms with E-state index in [9.17, 15) is 9.90 Å². The van der Waals surface area contributed by atoms with Crippen molar-refractivity contribution in [2.24, 2.45) is 0 Å². The molecule has 2 N–H and O–H groups in total. The number of anilines is 1. The first-order valence-electron chi connectivity index (χ1n) is 7.94. The average molecular weight is 331 g/mol. The molecule has 6 heteroatoms. The van der Waals surface area contributed by atoms with Crippen molar-refractivity contribution in [1.82, 2.24) is 9.88 Å². The molecule has 1 aliphatic rings. The number of amides is 2. The molecule has 0 saturated carbocycles. The highest BCUT2D eigenvalue weighted by Crippen LogP contribution is 2.30. The predicted octanol–water partition coefficient (Wildman–Crippen LogP) is 3.22. The van der Waals surface area contributed by atoms with Crippen LogP contribution in [0.25, 0.3) is 0 Å². The monoisotopic (exact) mass is 331 g/mol. The maximum Gasteiger partial charge on any atom is 0.324 e. The number of nitrogens with one attached hydrogen (secondary N) is 1. The SMILES string of the molecule is CCCc1cnc(NC(=O)N2CCc3ccccc3C2CO)s1. The van der Waals surface area contributed by atoms with Gasteiger partial charge in [0.05, 0.1) is 12.6 Å². The van der Waals surface area contributed by atoms with E-state index in [0.29, 0.717) is 11.7 Å². The minimum Gasteiger partial charge on any atom is -0.394 e. The van der Waals surface area contributed by atoms with E-state index >= 15 is 0 Å². The Morgan fingerprint density at radius 1 is 1.48 bits per heavy atom. The Bertz CT molecular complexity index is 686. The molecule has 1 unspecified atom stereocenters. The van der Waals surface area contributed by atoms with Gasteiger partial charge in [-0.15, -0.1) is 11.3 Å². The number of hydrogen-bond donors (Lipinski definition) is 2. The van der Waals surface area contributed by atoms with Crippen LogP contribution in [-0.2, 0) is 12.8 Å². The highest BCUT2D eigenvalue weighted by Gasteiger charge is 2.30. The molecule has 122 valence electrons. The van der Waals surface area contributed by atoms with Crippen molar-refractivity contribution in [3.63, 3.8) is 0 Å². The number of nitrogens with zero attached hydrogens (tertiary/aromatic N) is 2. The van der Waals surface area contributed by atoms with Crippen LogP contribution in [-0.4, -0.2) is 34.2 Å². The highest BCUT2D eigenvalue weighted by atomic mass is 32.1. The average Bonchev–Trinajstić information content (AvgIpc) is 3.01. The Hall–Kier alpha value is -1.92. The van der Waals surface area contributed by atoms with Gasteiger partial charge in [-0.1, -0.05) is 37.6 Å². The number of aromatic nitrogens is 1. The third-order valence-electron chi connectivity index (χ3n) is 4.11. The third kappa shape index (κ3) is 3.38. The number of benzene rings is 1. The van der Waals surface area contributed by atoms with Crippen LogP contribution in [0.2, 0.25) is 0 Å². The van der Waals surface area contributed by atoms with E-state index < -0.39 is 0 Å². The van der Waals surface area contributed by atoms with Gasteiger partial charge in [0.25, 0.3) is 0 Å². The fraction of sp³-hybridized carbons (Fsp3) is 0.412. The molecule has 0 aliphatic carbocycles. The number of aliphatic hydroxyl groups is 1. The number of carbonyl (C=O) groups is 1. The molecule has 23 heavy (non-hydrogen) atoms. The minimum absolute atomic E-state index is 0.0800. The van der Waals surface area contributed by atoms with Gasteiger partial charge in [0, 0.05) is 17.6 Å². The van der Waals surface area contributed by atoms with Gasteiger partial charge >= 0.3 is 6.03 Å². The van der Waals surface area contributed by atoms with Gasteiger partial charge in [0.15, 0.2) is 5.13 Å². The Morgan fingerprint density at radius 3 is 3.09 bits per heavy atom. The summed E-state index contributed by atoms with van der Waals surface area (Å²) in [5.74, 6) is 0. The van der Waals surface area contributed by atoms with Crippen LogP contribution < -0.4 is 5.32 Å². The number of aryl methyl sites for hydroxylation is 1. The van der Waals surface area contributed by atoms with E-state index in [2.05, 4.69) is 23.3 Å². The fourth-order valence-corrected chi connectivity index (χ4v) is 3.89. The van der Waals surface area contributed by atoms with E-state index in [1.54, 1.807) is 4.90 Å². The van der Waals surface area contributed by atoms with Crippen molar-refractivity contribution >= 4 is 22.5 Å². The normalized spacial score (nSPS) is 17.0. The van der Waals surface area contributed by atoms with Gasteiger partial charge < -0.3 is 10.0 Å². The number of hydrogen-bond acceptors (Lipinski definition) is 4. The zero-order valence-electron chi connectivity index (χ0n) is 13.2. The molecule has 0 spiro atoms. The second-order valence-electron chi connectivity index (χ2n) is 5.65. The van der Waals surface area contributed by atoms with Crippen molar-refractivity contribution in [3.8, 4) is 0 Å². The predicted molar refractivity (Wildman–Crippen MR) is 91.8 cm³/mol. The third-order valence-corrected chi connectivity index (χ3v) is 5.08. The van der Waals surface area contributed by atoms with Crippen LogP contribution in [0, 0.1) is 0 Å². The Morgan fingerprint density at radius 2 is 2.30 bits per heavy atom. The second kappa shape index (κ2) is 7.10. The second-order valence-corrected chi connectivity index (χ2v) is 6.77. The summed E-state index contributed by atoms with van der Waals surface area (Å²) < 4.78 is 0. The van der Waals surface area contributed by atoms with Gasteiger partial charge in [0.2, 0.25) is 0 Å². The lowest BCUT2D eigenvalue weighted by molar-refractivity contribution is 0.135. The van der Waals surface area contributed by atoms with Gasteiger partial charge in [0.1, 0.15) is 0 Å². The number of fused-ring (bicyclic) bond motifs is 1. The van der Waals surface area contributed by atoms with Crippen molar-refractivity contribution in [2.45, 2.75) is 32.2 Å². The van der Waals surface area contributed by atoms with Crippen molar-refractivity contribution in [3.05, 3.63) is 46.5 Å².